The second-order valence-corrected chi connectivity index (χ2v) is 6.83. The summed E-state index contributed by atoms with van der Waals surface area (Å²) in [4.78, 5) is 30.3. The zero-order valence-corrected chi connectivity index (χ0v) is 13.7. The lowest BCUT2D eigenvalue weighted by Gasteiger charge is -2.16. The van der Waals surface area contributed by atoms with Gasteiger partial charge in [-0.25, -0.2) is 4.98 Å². The number of aliphatic carboxylic acids is 1. The van der Waals surface area contributed by atoms with Crippen molar-refractivity contribution in [2.75, 3.05) is 18.1 Å². The first-order valence-electron chi connectivity index (χ1n) is 7.86. The van der Waals surface area contributed by atoms with Crippen LogP contribution in [0.1, 0.15) is 45.9 Å². The molecule has 2 aliphatic heterocycles. The summed E-state index contributed by atoms with van der Waals surface area (Å²) in [7, 11) is 0. The van der Waals surface area contributed by atoms with Gasteiger partial charge in [0.2, 0.25) is 0 Å². The van der Waals surface area contributed by atoms with Gasteiger partial charge in [0.05, 0.1) is 0 Å². The van der Waals surface area contributed by atoms with E-state index in [2.05, 4.69) is 4.98 Å². The first kappa shape index (κ1) is 15.3. The van der Waals surface area contributed by atoms with E-state index >= 15 is 0 Å². The maximum atomic E-state index is 12.8. The number of thiazole rings is 1. The first-order chi connectivity index (χ1) is 11.6. The number of carbonyl (C=O) groups is 2. The molecular weight excluding hydrogens is 328 g/mol. The van der Waals surface area contributed by atoms with Gasteiger partial charge in [0.25, 0.3) is 5.91 Å². The summed E-state index contributed by atoms with van der Waals surface area (Å²) in [5, 5.41) is 12.0. The van der Waals surface area contributed by atoms with Gasteiger partial charge >= 0.3 is 5.97 Å². The Balaban J connectivity index is 1.62. The number of nitrogens with zero attached hydrogens (tertiary/aromatic N) is 2. The number of carbonyl (C=O) groups excluding carboxylic acids is 1. The minimum atomic E-state index is -0.920. The zero-order valence-electron chi connectivity index (χ0n) is 12.8. The normalized spacial score (nSPS) is 22.6. The van der Waals surface area contributed by atoms with E-state index in [9.17, 15) is 14.7 Å². The average Bonchev–Trinajstić information content (AvgIpc) is 3.32. The Labute approximate surface area is 142 Å². The number of benzene rings is 1. The molecule has 24 heavy (non-hydrogen) atoms. The molecule has 0 aliphatic carbocycles. The predicted molar refractivity (Wildman–Crippen MR) is 88.5 cm³/mol. The smallest absolute Gasteiger partial charge is 0.312 e. The molecule has 0 bridgehead atoms. The number of aromatic nitrogens is 1. The Morgan fingerprint density at radius 2 is 2.17 bits per heavy atom. The van der Waals surface area contributed by atoms with Gasteiger partial charge < -0.3 is 14.7 Å². The van der Waals surface area contributed by atoms with E-state index in [0.29, 0.717) is 16.9 Å². The Kier molecular flexibility index (Phi) is 3.82. The van der Waals surface area contributed by atoms with Crippen LogP contribution in [0, 0.1) is 0 Å². The van der Waals surface area contributed by atoms with Crippen LogP contribution in [-0.4, -0.2) is 35.1 Å². The van der Waals surface area contributed by atoms with Gasteiger partial charge in [-0.2, -0.15) is 0 Å². The number of hydrogen-bond acceptors (Lipinski definition) is 5. The molecule has 124 valence electrons. The molecule has 4 rings (SSSR count). The number of ether oxygens (including phenoxy) is 1. The fraction of sp³-hybridized carbons (Fsp3) is 0.353. The molecule has 6 nitrogen and oxygen atoms in total. The Hall–Kier alpha value is -2.25. The fourth-order valence-electron chi connectivity index (χ4n) is 3.26. The fourth-order valence-corrected chi connectivity index (χ4v) is 4.13. The van der Waals surface area contributed by atoms with Crippen molar-refractivity contribution in [2.24, 2.45) is 0 Å². The van der Waals surface area contributed by atoms with Crippen molar-refractivity contribution in [1.82, 2.24) is 4.98 Å². The molecule has 0 saturated carbocycles. The Bertz CT molecular complexity index is 797. The van der Waals surface area contributed by atoms with Crippen molar-refractivity contribution in [1.29, 1.82) is 0 Å². The summed E-state index contributed by atoms with van der Waals surface area (Å²) < 4.78 is 5.61. The lowest BCUT2D eigenvalue weighted by molar-refractivity contribution is -0.138. The van der Waals surface area contributed by atoms with Crippen LogP contribution >= 0.6 is 11.3 Å². The van der Waals surface area contributed by atoms with Crippen molar-refractivity contribution < 1.29 is 19.4 Å². The van der Waals surface area contributed by atoms with E-state index in [-0.39, 0.29) is 18.6 Å². The van der Waals surface area contributed by atoms with E-state index in [1.807, 2.05) is 6.07 Å². The van der Waals surface area contributed by atoms with Crippen molar-refractivity contribution in [3.8, 4) is 0 Å². The van der Waals surface area contributed by atoms with Crippen molar-refractivity contribution >= 4 is 28.9 Å². The molecule has 1 aromatic carbocycles. The predicted octanol–water partition coefficient (Wildman–Crippen LogP) is 2.82. The highest BCUT2D eigenvalue weighted by Crippen LogP contribution is 2.37. The molecule has 1 saturated heterocycles. The molecule has 1 fully saturated rings. The molecule has 1 aromatic heterocycles. The highest BCUT2D eigenvalue weighted by Gasteiger charge is 2.37. The van der Waals surface area contributed by atoms with Crippen molar-refractivity contribution in [3.05, 3.63) is 45.9 Å². The number of amides is 1. The van der Waals surface area contributed by atoms with Crippen LogP contribution < -0.4 is 4.90 Å². The third-order valence-corrected chi connectivity index (χ3v) is 5.39. The van der Waals surface area contributed by atoms with Crippen LogP contribution in [0.2, 0.25) is 0 Å². The van der Waals surface area contributed by atoms with E-state index in [0.717, 1.165) is 24.5 Å². The maximum absolute atomic E-state index is 12.8. The lowest BCUT2D eigenvalue weighted by atomic mass is 10.0. The summed E-state index contributed by atoms with van der Waals surface area (Å²) in [6, 6.07) is 7.15. The molecule has 2 atom stereocenters. The molecule has 2 unspecified atom stereocenters. The Morgan fingerprint density at radius 3 is 2.92 bits per heavy atom. The third kappa shape index (κ3) is 2.50. The number of anilines is 1. The summed E-state index contributed by atoms with van der Waals surface area (Å²) in [5.74, 6) is -1.87. The minimum Gasteiger partial charge on any atom is -0.481 e. The summed E-state index contributed by atoms with van der Waals surface area (Å²) in [5.41, 5.74) is 1.68. The monoisotopic (exact) mass is 344 g/mol. The number of hydrogen-bond donors (Lipinski definition) is 1. The van der Waals surface area contributed by atoms with Gasteiger partial charge in [-0.3, -0.25) is 9.59 Å². The van der Waals surface area contributed by atoms with E-state index in [1.54, 1.807) is 23.6 Å². The summed E-state index contributed by atoms with van der Waals surface area (Å²) >= 11 is 1.42. The molecular formula is C17H16N2O4S. The van der Waals surface area contributed by atoms with Gasteiger partial charge in [0.1, 0.15) is 22.7 Å². The number of fused-ring (bicyclic) bond motifs is 1. The van der Waals surface area contributed by atoms with Gasteiger partial charge in [-0.15, -0.1) is 11.3 Å². The number of carboxylic acids is 1. The lowest BCUT2D eigenvalue weighted by Crippen LogP contribution is -2.31. The maximum Gasteiger partial charge on any atom is 0.312 e. The molecule has 0 radical (unpaired) electrons. The third-order valence-electron chi connectivity index (χ3n) is 4.46. The Morgan fingerprint density at radius 1 is 1.33 bits per heavy atom. The van der Waals surface area contributed by atoms with Crippen LogP contribution in [0.25, 0.3) is 0 Å². The van der Waals surface area contributed by atoms with Gasteiger partial charge in [0.15, 0.2) is 0 Å². The minimum absolute atomic E-state index is 0.0193. The number of rotatable bonds is 3. The summed E-state index contributed by atoms with van der Waals surface area (Å²) in [6.45, 7) is 0.869. The molecule has 1 amide bonds. The number of para-hydroxylation sites is 1. The summed E-state index contributed by atoms with van der Waals surface area (Å²) in [6.07, 6.45) is 1.91. The van der Waals surface area contributed by atoms with Gasteiger partial charge in [-0.05, 0) is 24.5 Å². The van der Waals surface area contributed by atoms with Crippen molar-refractivity contribution in [2.45, 2.75) is 24.9 Å². The topological polar surface area (TPSA) is 79.7 Å². The second kappa shape index (κ2) is 5.99. The van der Waals surface area contributed by atoms with Crippen LogP contribution in [0.3, 0.4) is 0 Å². The standard InChI is InChI=1S/C17H16N2O4S/c20-16(12-9-24-15(18-12)14-6-3-7-23-14)19-8-11(17(21)22)10-4-1-2-5-13(10)19/h1-2,4-5,9,11,14H,3,6-8H2,(H,21,22). The molecule has 0 spiro atoms. The molecule has 2 aliphatic rings. The van der Waals surface area contributed by atoms with Gasteiger partial charge in [0, 0.05) is 24.2 Å². The van der Waals surface area contributed by atoms with Gasteiger partial charge in [-0.1, -0.05) is 18.2 Å². The second-order valence-electron chi connectivity index (χ2n) is 5.94. The van der Waals surface area contributed by atoms with E-state index in [4.69, 9.17) is 4.74 Å². The van der Waals surface area contributed by atoms with Crippen molar-refractivity contribution in [3.63, 3.8) is 0 Å². The molecule has 3 heterocycles. The quantitative estimate of drug-likeness (QED) is 0.926. The SMILES string of the molecule is O=C(O)C1CN(C(=O)c2csc(C3CCCO3)n2)c2ccccc21. The first-order valence-corrected chi connectivity index (χ1v) is 8.73. The van der Waals surface area contributed by atoms with Crippen LogP contribution in [-0.2, 0) is 9.53 Å². The number of carboxylic acid groups (broad SMARTS) is 1. The average molecular weight is 344 g/mol. The molecule has 2 aromatic rings. The highest BCUT2D eigenvalue weighted by molar-refractivity contribution is 7.09. The van der Waals surface area contributed by atoms with Crippen LogP contribution in [0.4, 0.5) is 5.69 Å². The highest BCUT2D eigenvalue weighted by atomic mass is 32.1. The molecule has 1 N–H and O–H groups in total. The molecule has 7 heteroatoms. The van der Waals surface area contributed by atoms with Crippen LogP contribution in [0.15, 0.2) is 29.6 Å². The zero-order chi connectivity index (χ0) is 16.7. The van der Waals surface area contributed by atoms with E-state index in [1.165, 1.54) is 16.2 Å². The van der Waals surface area contributed by atoms with E-state index < -0.39 is 11.9 Å². The van der Waals surface area contributed by atoms with Crippen LogP contribution in [0.5, 0.6) is 0 Å². The largest absolute Gasteiger partial charge is 0.481 e.